The van der Waals surface area contributed by atoms with Crippen molar-refractivity contribution in [1.29, 1.82) is 0 Å². The summed E-state index contributed by atoms with van der Waals surface area (Å²) in [6, 6.07) is 7.90. The first kappa shape index (κ1) is 14.9. The summed E-state index contributed by atoms with van der Waals surface area (Å²) in [6.07, 6.45) is 2.90. The molecule has 2 rings (SSSR count). The molecule has 1 aliphatic rings. The molecule has 0 spiro atoms. The summed E-state index contributed by atoms with van der Waals surface area (Å²) in [5.41, 5.74) is 1.05. The maximum absolute atomic E-state index is 12.3. The predicted molar refractivity (Wildman–Crippen MR) is 79.8 cm³/mol. The van der Waals surface area contributed by atoms with Gasteiger partial charge < -0.3 is 15.4 Å². The van der Waals surface area contributed by atoms with Crippen LogP contribution in [0.1, 0.15) is 37.8 Å². The molecule has 2 atom stereocenters. The van der Waals surface area contributed by atoms with Gasteiger partial charge in [-0.1, -0.05) is 25.1 Å². The molecule has 0 bridgehead atoms. The van der Waals surface area contributed by atoms with Crippen LogP contribution in [0.4, 0.5) is 0 Å². The normalized spacial score (nSPS) is 20.2. The lowest BCUT2D eigenvalue weighted by Crippen LogP contribution is -2.41. The second-order valence-electron chi connectivity index (χ2n) is 5.25. The van der Waals surface area contributed by atoms with Gasteiger partial charge in [-0.15, -0.1) is 0 Å². The number of benzene rings is 1. The van der Waals surface area contributed by atoms with Gasteiger partial charge in [-0.3, -0.25) is 4.79 Å². The van der Waals surface area contributed by atoms with Crippen LogP contribution in [0.5, 0.6) is 5.75 Å². The number of hydrogen-bond donors (Lipinski definition) is 2. The molecule has 0 radical (unpaired) electrons. The van der Waals surface area contributed by atoms with E-state index in [2.05, 4.69) is 17.6 Å². The van der Waals surface area contributed by atoms with Crippen molar-refractivity contribution in [2.75, 3.05) is 20.2 Å². The molecular formula is C16H24N2O2. The number of piperidine rings is 1. The smallest absolute Gasteiger partial charge is 0.224 e. The fourth-order valence-corrected chi connectivity index (χ4v) is 2.72. The van der Waals surface area contributed by atoms with Crippen molar-refractivity contribution in [3.05, 3.63) is 29.8 Å². The number of carbonyl (C=O) groups is 1. The van der Waals surface area contributed by atoms with E-state index in [4.69, 9.17) is 4.74 Å². The van der Waals surface area contributed by atoms with Crippen molar-refractivity contribution in [1.82, 2.24) is 10.6 Å². The van der Waals surface area contributed by atoms with E-state index in [9.17, 15) is 4.79 Å². The maximum atomic E-state index is 12.3. The van der Waals surface area contributed by atoms with Gasteiger partial charge >= 0.3 is 0 Å². The Bertz CT molecular complexity index is 442. The van der Waals surface area contributed by atoms with E-state index in [1.165, 1.54) is 0 Å². The second kappa shape index (κ2) is 7.29. The Hall–Kier alpha value is -1.55. The molecule has 1 amide bonds. The van der Waals surface area contributed by atoms with Crippen LogP contribution >= 0.6 is 0 Å². The molecule has 110 valence electrons. The summed E-state index contributed by atoms with van der Waals surface area (Å²) >= 11 is 0. The standard InChI is InChI=1S/C16H24N2O2/c1-3-14(13-8-4-5-9-15(13)20-2)18-16(19)12-7-6-10-17-11-12/h4-5,8-9,12,14,17H,3,6-7,10-11H2,1-2H3,(H,18,19). The lowest BCUT2D eigenvalue weighted by molar-refractivity contribution is -0.126. The Morgan fingerprint density at radius 1 is 1.50 bits per heavy atom. The minimum Gasteiger partial charge on any atom is -0.496 e. The van der Waals surface area contributed by atoms with Gasteiger partial charge in [0.25, 0.3) is 0 Å². The minimum absolute atomic E-state index is 0.0144. The number of amides is 1. The molecule has 2 unspecified atom stereocenters. The van der Waals surface area contributed by atoms with Gasteiger partial charge in [0.15, 0.2) is 0 Å². The summed E-state index contributed by atoms with van der Waals surface area (Å²) < 4.78 is 5.39. The maximum Gasteiger partial charge on any atom is 0.224 e. The summed E-state index contributed by atoms with van der Waals surface area (Å²) in [5, 5.41) is 6.45. The molecular weight excluding hydrogens is 252 g/mol. The van der Waals surface area contributed by atoms with Crippen LogP contribution in [0.2, 0.25) is 0 Å². The molecule has 2 N–H and O–H groups in total. The molecule has 4 heteroatoms. The third kappa shape index (κ3) is 3.51. The molecule has 20 heavy (non-hydrogen) atoms. The first-order valence-electron chi connectivity index (χ1n) is 7.40. The van der Waals surface area contributed by atoms with Crippen molar-refractivity contribution >= 4 is 5.91 Å². The molecule has 0 aliphatic carbocycles. The molecule has 1 fully saturated rings. The number of ether oxygens (including phenoxy) is 1. The quantitative estimate of drug-likeness (QED) is 0.867. The third-order valence-corrected chi connectivity index (χ3v) is 3.91. The lowest BCUT2D eigenvalue weighted by Gasteiger charge is -2.26. The summed E-state index contributed by atoms with van der Waals surface area (Å²) in [7, 11) is 1.67. The van der Waals surface area contributed by atoms with E-state index in [-0.39, 0.29) is 17.9 Å². The van der Waals surface area contributed by atoms with Crippen LogP contribution in [0.25, 0.3) is 0 Å². The summed E-state index contributed by atoms with van der Waals surface area (Å²) in [5.74, 6) is 1.07. The first-order valence-corrected chi connectivity index (χ1v) is 7.40. The van der Waals surface area contributed by atoms with Gasteiger partial charge in [0.1, 0.15) is 5.75 Å². The largest absolute Gasteiger partial charge is 0.496 e. The minimum atomic E-state index is 0.0144. The second-order valence-corrected chi connectivity index (χ2v) is 5.25. The fourth-order valence-electron chi connectivity index (χ4n) is 2.72. The molecule has 1 aromatic rings. The zero-order valence-corrected chi connectivity index (χ0v) is 12.3. The highest BCUT2D eigenvalue weighted by atomic mass is 16.5. The van der Waals surface area contributed by atoms with Crippen molar-refractivity contribution in [3.8, 4) is 5.75 Å². The fraction of sp³-hybridized carbons (Fsp3) is 0.562. The van der Waals surface area contributed by atoms with Gasteiger partial charge in [-0.25, -0.2) is 0 Å². The average molecular weight is 276 g/mol. The Kier molecular flexibility index (Phi) is 5.41. The van der Waals surface area contributed by atoms with E-state index >= 15 is 0 Å². The van der Waals surface area contributed by atoms with Crippen LogP contribution in [-0.2, 0) is 4.79 Å². The highest BCUT2D eigenvalue weighted by Gasteiger charge is 2.24. The Balaban J connectivity index is 2.06. The number of hydrogen-bond acceptors (Lipinski definition) is 3. The topological polar surface area (TPSA) is 50.4 Å². The van der Waals surface area contributed by atoms with E-state index in [0.29, 0.717) is 0 Å². The number of para-hydroxylation sites is 1. The monoisotopic (exact) mass is 276 g/mol. The van der Waals surface area contributed by atoms with Crippen LogP contribution in [0, 0.1) is 5.92 Å². The first-order chi connectivity index (χ1) is 9.76. The van der Waals surface area contributed by atoms with Crippen molar-refractivity contribution in [3.63, 3.8) is 0 Å². The Morgan fingerprint density at radius 3 is 2.95 bits per heavy atom. The molecule has 1 aromatic carbocycles. The molecule has 1 saturated heterocycles. The number of carbonyl (C=O) groups excluding carboxylic acids is 1. The molecule has 0 aromatic heterocycles. The number of methoxy groups -OCH3 is 1. The van der Waals surface area contributed by atoms with E-state index in [1.807, 2.05) is 24.3 Å². The SMILES string of the molecule is CCC(NC(=O)C1CCCNC1)c1ccccc1OC. The van der Waals surface area contributed by atoms with Crippen LogP contribution < -0.4 is 15.4 Å². The van der Waals surface area contributed by atoms with Crippen LogP contribution in [0.15, 0.2) is 24.3 Å². The molecule has 1 aliphatic heterocycles. The van der Waals surface area contributed by atoms with E-state index in [1.54, 1.807) is 7.11 Å². The highest BCUT2D eigenvalue weighted by molar-refractivity contribution is 5.79. The van der Waals surface area contributed by atoms with Gasteiger partial charge in [-0.05, 0) is 31.9 Å². The van der Waals surface area contributed by atoms with E-state index in [0.717, 1.165) is 43.7 Å². The van der Waals surface area contributed by atoms with Gasteiger partial charge in [-0.2, -0.15) is 0 Å². The molecule has 4 nitrogen and oxygen atoms in total. The van der Waals surface area contributed by atoms with E-state index < -0.39 is 0 Å². The van der Waals surface area contributed by atoms with Crippen molar-refractivity contribution < 1.29 is 9.53 Å². The average Bonchev–Trinajstić information content (AvgIpc) is 2.53. The molecule has 0 saturated carbocycles. The zero-order valence-electron chi connectivity index (χ0n) is 12.3. The summed E-state index contributed by atoms with van der Waals surface area (Å²) in [6.45, 7) is 3.89. The molecule has 1 heterocycles. The van der Waals surface area contributed by atoms with Crippen LogP contribution in [0.3, 0.4) is 0 Å². The van der Waals surface area contributed by atoms with Gasteiger partial charge in [0, 0.05) is 12.1 Å². The lowest BCUT2D eigenvalue weighted by atomic mass is 9.97. The predicted octanol–water partition coefficient (Wildman–Crippen LogP) is 2.26. The van der Waals surface area contributed by atoms with Gasteiger partial charge in [0.2, 0.25) is 5.91 Å². The third-order valence-electron chi connectivity index (χ3n) is 3.91. The van der Waals surface area contributed by atoms with Crippen LogP contribution in [-0.4, -0.2) is 26.1 Å². The number of nitrogens with one attached hydrogen (secondary N) is 2. The Morgan fingerprint density at radius 2 is 2.30 bits per heavy atom. The summed E-state index contributed by atoms with van der Waals surface area (Å²) in [4.78, 5) is 12.3. The number of rotatable bonds is 5. The Labute approximate surface area is 120 Å². The van der Waals surface area contributed by atoms with Crippen molar-refractivity contribution in [2.45, 2.75) is 32.2 Å². The van der Waals surface area contributed by atoms with Gasteiger partial charge in [0.05, 0.1) is 19.1 Å². The highest BCUT2D eigenvalue weighted by Crippen LogP contribution is 2.27. The zero-order chi connectivity index (χ0) is 14.4. The van der Waals surface area contributed by atoms with Crippen molar-refractivity contribution in [2.24, 2.45) is 5.92 Å².